The van der Waals surface area contributed by atoms with Crippen LogP contribution in [0, 0.1) is 5.92 Å². The molecule has 9 heteroatoms. The van der Waals surface area contributed by atoms with Gasteiger partial charge in [-0.2, -0.15) is 13.2 Å². The Morgan fingerprint density at radius 1 is 1.15 bits per heavy atom. The fourth-order valence-corrected chi connectivity index (χ4v) is 2.80. The van der Waals surface area contributed by atoms with Crippen molar-refractivity contribution in [3.8, 4) is 0 Å². The van der Waals surface area contributed by atoms with Crippen LogP contribution in [0.5, 0.6) is 0 Å². The number of nitrogens with one attached hydrogen (secondary N) is 2. The Bertz CT molecular complexity index is 472. The van der Waals surface area contributed by atoms with E-state index in [4.69, 9.17) is 4.74 Å². The van der Waals surface area contributed by atoms with E-state index in [0.29, 0.717) is 0 Å². The highest BCUT2D eigenvalue weighted by Crippen LogP contribution is 2.27. The van der Waals surface area contributed by atoms with Crippen LogP contribution in [0.3, 0.4) is 0 Å². The molecule has 0 aliphatic heterocycles. The zero-order valence-electron chi connectivity index (χ0n) is 15.7. The van der Waals surface area contributed by atoms with E-state index in [0.717, 1.165) is 25.7 Å². The molecule has 0 aromatic carbocycles. The van der Waals surface area contributed by atoms with Gasteiger partial charge in [-0.25, -0.2) is 4.79 Å². The molecule has 2 N–H and O–H groups in total. The zero-order valence-corrected chi connectivity index (χ0v) is 15.7. The van der Waals surface area contributed by atoms with Crippen LogP contribution in [0.4, 0.5) is 18.0 Å². The molecular formula is C17H29F3N2O4. The summed E-state index contributed by atoms with van der Waals surface area (Å²) in [5.74, 6) is -0.471. The third kappa shape index (κ3) is 9.26. The smallest absolute Gasteiger partial charge is 0.411 e. The summed E-state index contributed by atoms with van der Waals surface area (Å²) in [6.45, 7) is 5.16. The summed E-state index contributed by atoms with van der Waals surface area (Å²) in [6.07, 6.45) is -2.51. The van der Waals surface area contributed by atoms with Crippen molar-refractivity contribution in [3.63, 3.8) is 0 Å². The molecule has 0 aromatic rings. The fraction of sp³-hybridized carbons (Fsp3) is 0.882. The maximum atomic E-state index is 12.2. The number of hydrogen-bond donors (Lipinski definition) is 2. The predicted molar refractivity (Wildman–Crippen MR) is 89.6 cm³/mol. The van der Waals surface area contributed by atoms with Crippen molar-refractivity contribution in [2.75, 3.05) is 13.2 Å². The first-order valence-electron chi connectivity index (χ1n) is 8.83. The molecule has 0 radical (unpaired) electrons. The number of rotatable bonds is 7. The standard InChI is InChI=1S/C17H29F3N2O4/c1-11(25-10-17(18,19)20)14(23)22-13(12-7-5-6-8-12)9-21-15(24)26-16(2,3)4/h11-13H,5-10H2,1-4H3,(H,21,24)(H,22,23)/t11-,13+/m1/s1. The third-order valence-corrected chi connectivity index (χ3v) is 4.03. The van der Waals surface area contributed by atoms with Gasteiger partial charge in [-0.15, -0.1) is 0 Å². The van der Waals surface area contributed by atoms with E-state index >= 15 is 0 Å². The number of carbonyl (C=O) groups is 2. The summed E-state index contributed by atoms with van der Waals surface area (Å²) in [5.41, 5.74) is -0.643. The van der Waals surface area contributed by atoms with Crippen LogP contribution in [-0.4, -0.2) is 49.1 Å². The van der Waals surface area contributed by atoms with Crippen LogP contribution in [0.25, 0.3) is 0 Å². The first-order valence-corrected chi connectivity index (χ1v) is 8.83. The molecule has 1 aliphatic rings. The Labute approximate surface area is 152 Å². The molecule has 0 bridgehead atoms. The number of carbonyl (C=O) groups excluding carboxylic acids is 2. The highest BCUT2D eigenvalue weighted by molar-refractivity contribution is 5.80. The van der Waals surface area contributed by atoms with E-state index in [2.05, 4.69) is 15.4 Å². The van der Waals surface area contributed by atoms with E-state index < -0.39 is 36.5 Å². The second-order valence-corrected chi connectivity index (χ2v) is 7.61. The minimum atomic E-state index is -4.49. The number of halogens is 3. The van der Waals surface area contributed by atoms with Crippen molar-refractivity contribution in [3.05, 3.63) is 0 Å². The molecule has 26 heavy (non-hydrogen) atoms. The minimum absolute atomic E-state index is 0.150. The van der Waals surface area contributed by atoms with E-state index in [1.807, 2.05) is 0 Å². The average molecular weight is 382 g/mol. The lowest BCUT2D eigenvalue weighted by Gasteiger charge is -2.27. The first kappa shape index (κ1) is 22.5. The van der Waals surface area contributed by atoms with E-state index in [9.17, 15) is 22.8 Å². The minimum Gasteiger partial charge on any atom is -0.444 e. The lowest BCUT2D eigenvalue weighted by atomic mass is 9.97. The Balaban J connectivity index is 2.57. The highest BCUT2D eigenvalue weighted by atomic mass is 19.4. The number of alkyl carbamates (subject to hydrolysis) is 1. The van der Waals surface area contributed by atoms with Crippen molar-refractivity contribution in [1.82, 2.24) is 10.6 Å². The fourth-order valence-electron chi connectivity index (χ4n) is 2.80. The summed E-state index contributed by atoms with van der Waals surface area (Å²) in [7, 11) is 0. The molecule has 1 saturated carbocycles. The molecule has 1 rings (SSSR count). The predicted octanol–water partition coefficient (Wildman–Crippen LogP) is 3.15. The number of ether oxygens (including phenoxy) is 2. The lowest BCUT2D eigenvalue weighted by molar-refractivity contribution is -0.185. The summed E-state index contributed by atoms with van der Waals surface area (Å²) < 4.78 is 46.4. The Kier molecular flexibility index (Phi) is 8.17. The molecule has 0 saturated heterocycles. The molecule has 2 atom stereocenters. The van der Waals surface area contributed by atoms with Gasteiger partial charge in [0, 0.05) is 12.6 Å². The van der Waals surface area contributed by atoms with E-state index in [1.165, 1.54) is 6.92 Å². The number of hydrogen-bond acceptors (Lipinski definition) is 4. The summed E-state index contributed by atoms with van der Waals surface area (Å²) in [5, 5.41) is 5.33. The van der Waals surface area contributed by atoms with Crippen molar-refractivity contribution >= 4 is 12.0 Å². The highest BCUT2D eigenvalue weighted by Gasteiger charge is 2.32. The van der Waals surface area contributed by atoms with Crippen molar-refractivity contribution < 1.29 is 32.2 Å². The molecule has 0 spiro atoms. The van der Waals surface area contributed by atoms with Gasteiger partial charge in [0.25, 0.3) is 0 Å². The number of alkyl halides is 3. The SMILES string of the molecule is C[C@@H](OCC(F)(F)F)C(=O)N[C@@H](CNC(=O)OC(C)(C)C)C1CCCC1. The van der Waals surface area contributed by atoms with Crippen LogP contribution < -0.4 is 10.6 Å². The molecule has 1 fully saturated rings. The molecular weight excluding hydrogens is 353 g/mol. The van der Waals surface area contributed by atoms with Crippen molar-refractivity contribution in [1.29, 1.82) is 0 Å². The Morgan fingerprint density at radius 2 is 1.73 bits per heavy atom. The molecule has 0 unspecified atom stereocenters. The maximum Gasteiger partial charge on any atom is 0.411 e. The largest absolute Gasteiger partial charge is 0.444 e. The summed E-state index contributed by atoms with van der Waals surface area (Å²) in [6, 6.07) is -0.380. The second-order valence-electron chi connectivity index (χ2n) is 7.61. The molecule has 2 amide bonds. The zero-order chi connectivity index (χ0) is 20.0. The Hall–Kier alpha value is -1.51. The lowest BCUT2D eigenvalue weighted by Crippen LogP contribution is -2.51. The van der Waals surface area contributed by atoms with E-state index in [1.54, 1.807) is 20.8 Å². The van der Waals surface area contributed by atoms with Crippen molar-refractivity contribution in [2.24, 2.45) is 5.92 Å². The average Bonchev–Trinajstić information content (AvgIpc) is 3.00. The third-order valence-electron chi connectivity index (χ3n) is 4.03. The van der Waals surface area contributed by atoms with E-state index in [-0.39, 0.29) is 18.5 Å². The van der Waals surface area contributed by atoms with Crippen LogP contribution in [-0.2, 0) is 14.3 Å². The summed E-state index contributed by atoms with van der Waals surface area (Å²) >= 11 is 0. The van der Waals surface area contributed by atoms with Gasteiger partial charge >= 0.3 is 12.3 Å². The molecule has 1 aliphatic carbocycles. The topological polar surface area (TPSA) is 76.7 Å². The maximum absolute atomic E-state index is 12.2. The van der Waals surface area contributed by atoms with Gasteiger partial charge in [0.1, 0.15) is 18.3 Å². The monoisotopic (exact) mass is 382 g/mol. The molecule has 0 aromatic heterocycles. The molecule has 152 valence electrons. The molecule has 6 nitrogen and oxygen atoms in total. The molecule has 0 heterocycles. The van der Waals surface area contributed by atoms with Gasteiger partial charge in [0.05, 0.1) is 0 Å². The van der Waals surface area contributed by atoms with Crippen LogP contribution in [0.1, 0.15) is 53.4 Å². The van der Waals surface area contributed by atoms with Gasteiger partial charge in [0.15, 0.2) is 0 Å². The van der Waals surface area contributed by atoms with Gasteiger partial charge < -0.3 is 20.1 Å². The van der Waals surface area contributed by atoms with Gasteiger partial charge in [0.2, 0.25) is 5.91 Å². The van der Waals surface area contributed by atoms with Gasteiger partial charge in [-0.1, -0.05) is 12.8 Å². The number of amides is 2. The van der Waals surface area contributed by atoms with Crippen molar-refractivity contribution in [2.45, 2.75) is 77.3 Å². The quantitative estimate of drug-likeness (QED) is 0.709. The van der Waals surface area contributed by atoms with Crippen LogP contribution >= 0.6 is 0 Å². The Morgan fingerprint density at radius 3 is 2.23 bits per heavy atom. The van der Waals surface area contributed by atoms with Crippen LogP contribution in [0.2, 0.25) is 0 Å². The van der Waals surface area contributed by atoms with Gasteiger partial charge in [-0.05, 0) is 46.5 Å². The van der Waals surface area contributed by atoms with Crippen LogP contribution in [0.15, 0.2) is 0 Å². The summed E-state index contributed by atoms with van der Waals surface area (Å²) in [4.78, 5) is 24.0. The normalized spacial score (nSPS) is 18.3. The first-order chi connectivity index (χ1) is 11.9. The second kappa shape index (κ2) is 9.43. The van der Waals surface area contributed by atoms with Gasteiger partial charge in [-0.3, -0.25) is 4.79 Å².